The van der Waals surface area contributed by atoms with Crippen LogP contribution in [-0.4, -0.2) is 4.98 Å². The Morgan fingerprint density at radius 2 is 1.85 bits per heavy atom. The fourth-order valence-electron chi connectivity index (χ4n) is 3.21. The summed E-state index contributed by atoms with van der Waals surface area (Å²) in [5, 5.41) is 20.6. The Morgan fingerprint density at radius 1 is 1.15 bits per heavy atom. The number of anilines is 3. The molecule has 34 heavy (non-hydrogen) atoms. The normalized spacial score (nSPS) is 11.6. The van der Waals surface area contributed by atoms with E-state index in [1.54, 1.807) is 6.92 Å². The number of alkyl halides is 3. The van der Waals surface area contributed by atoms with Crippen molar-refractivity contribution in [3.63, 3.8) is 0 Å². The van der Waals surface area contributed by atoms with Gasteiger partial charge in [-0.25, -0.2) is 4.98 Å². The molecule has 0 amide bonds. The summed E-state index contributed by atoms with van der Waals surface area (Å²) in [7, 11) is 0. The van der Waals surface area contributed by atoms with Crippen molar-refractivity contribution in [3.05, 3.63) is 69.7 Å². The lowest BCUT2D eigenvalue weighted by Crippen LogP contribution is -2.04. The van der Waals surface area contributed by atoms with Gasteiger partial charge in [-0.15, -0.1) is 10.2 Å². The molecular formula is C24H22ClF3N6. The number of benzene rings is 2. The van der Waals surface area contributed by atoms with Crippen molar-refractivity contribution in [2.75, 3.05) is 11.1 Å². The highest BCUT2D eigenvalue weighted by molar-refractivity contribution is 6.33. The number of nitrogen functional groups attached to an aromatic ring is 1. The zero-order valence-electron chi connectivity index (χ0n) is 18.5. The van der Waals surface area contributed by atoms with Gasteiger partial charge in [-0.2, -0.15) is 18.4 Å². The number of nitrogens with one attached hydrogen (secondary N) is 1. The molecule has 3 aromatic rings. The molecule has 0 aliphatic carbocycles. The second-order valence-electron chi connectivity index (χ2n) is 7.60. The van der Waals surface area contributed by atoms with E-state index in [4.69, 9.17) is 17.3 Å². The molecule has 1 aromatic heterocycles. The second kappa shape index (κ2) is 10.5. The van der Waals surface area contributed by atoms with Gasteiger partial charge in [0.25, 0.3) is 0 Å². The molecule has 0 saturated heterocycles. The maximum absolute atomic E-state index is 13.1. The predicted molar refractivity (Wildman–Crippen MR) is 127 cm³/mol. The SMILES string of the molecule is CCCCc1ccc(Nc2nc(N)c(C#N)c(C)c2/N=N/c2cc(C(F)(F)F)ccc2Cl)cc1. The molecule has 0 fully saturated rings. The Balaban J connectivity index is 2.01. The molecule has 0 bridgehead atoms. The number of azo groups is 1. The molecule has 0 aliphatic heterocycles. The Labute approximate surface area is 200 Å². The van der Waals surface area contributed by atoms with E-state index < -0.39 is 11.7 Å². The first-order valence-electron chi connectivity index (χ1n) is 10.5. The Bertz CT molecular complexity index is 1250. The molecule has 0 unspecified atom stereocenters. The van der Waals surface area contributed by atoms with Crippen LogP contribution < -0.4 is 11.1 Å². The Hall–Kier alpha value is -3.64. The van der Waals surface area contributed by atoms with Crippen LogP contribution >= 0.6 is 11.6 Å². The highest BCUT2D eigenvalue weighted by atomic mass is 35.5. The van der Waals surface area contributed by atoms with E-state index in [-0.39, 0.29) is 33.6 Å². The summed E-state index contributed by atoms with van der Waals surface area (Å²) in [5.74, 6) is 0.209. The number of rotatable bonds is 7. The van der Waals surface area contributed by atoms with Crippen LogP contribution in [0.2, 0.25) is 5.02 Å². The first kappa shape index (κ1) is 25.0. The fourth-order valence-corrected chi connectivity index (χ4v) is 3.37. The number of nitrogens with two attached hydrogens (primary N) is 1. The first-order valence-corrected chi connectivity index (χ1v) is 10.9. The monoisotopic (exact) mass is 486 g/mol. The quantitative estimate of drug-likeness (QED) is 0.330. The van der Waals surface area contributed by atoms with E-state index in [2.05, 4.69) is 27.5 Å². The lowest BCUT2D eigenvalue weighted by molar-refractivity contribution is -0.137. The summed E-state index contributed by atoms with van der Waals surface area (Å²) in [5.41, 5.74) is 7.40. The minimum absolute atomic E-state index is 0.00174. The van der Waals surface area contributed by atoms with E-state index in [0.717, 1.165) is 37.5 Å². The zero-order chi connectivity index (χ0) is 24.9. The van der Waals surface area contributed by atoms with E-state index >= 15 is 0 Å². The van der Waals surface area contributed by atoms with Gasteiger partial charge in [0.05, 0.1) is 16.1 Å². The summed E-state index contributed by atoms with van der Waals surface area (Å²) in [6.07, 6.45) is -1.41. The van der Waals surface area contributed by atoms with Crippen molar-refractivity contribution in [2.24, 2.45) is 10.2 Å². The largest absolute Gasteiger partial charge is 0.416 e. The van der Waals surface area contributed by atoms with Crippen LogP contribution in [0.25, 0.3) is 0 Å². The van der Waals surface area contributed by atoms with Gasteiger partial charge in [0.2, 0.25) is 0 Å². The smallest absolute Gasteiger partial charge is 0.383 e. The molecule has 0 spiro atoms. The van der Waals surface area contributed by atoms with E-state index in [1.807, 2.05) is 30.3 Å². The molecule has 6 nitrogen and oxygen atoms in total. The van der Waals surface area contributed by atoms with Crippen LogP contribution in [0.3, 0.4) is 0 Å². The van der Waals surface area contributed by atoms with Gasteiger partial charge in [0, 0.05) is 11.3 Å². The van der Waals surface area contributed by atoms with Gasteiger partial charge in [0.15, 0.2) is 5.82 Å². The third-order valence-corrected chi connectivity index (χ3v) is 5.44. The van der Waals surface area contributed by atoms with Crippen LogP contribution in [-0.2, 0) is 12.6 Å². The molecule has 0 radical (unpaired) electrons. The summed E-state index contributed by atoms with van der Waals surface area (Å²) in [6.45, 7) is 3.74. The topological polar surface area (TPSA) is 99.4 Å². The summed E-state index contributed by atoms with van der Waals surface area (Å²) < 4.78 is 39.3. The van der Waals surface area contributed by atoms with Gasteiger partial charge >= 0.3 is 6.18 Å². The number of aryl methyl sites for hydroxylation is 1. The summed E-state index contributed by atoms with van der Waals surface area (Å²) >= 11 is 6.03. The highest BCUT2D eigenvalue weighted by Gasteiger charge is 2.31. The number of nitriles is 1. The number of unbranched alkanes of at least 4 members (excludes halogenated alkanes) is 1. The summed E-state index contributed by atoms with van der Waals surface area (Å²) in [6, 6.07) is 12.5. The molecule has 0 aliphatic rings. The van der Waals surface area contributed by atoms with Crippen molar-refractivity contribution in [2.45, 2.75) is 39.3 Å². The zero-order valence-corrected chi connectivity index (χ0v) is 19.3. The number of hydrogen-bond donors (Lipinski definition) is 2. The molecular weight excluding hydrogens is 465 g/mol. The van der Waals surface area contributed by atoms with Crippen molar-refractivity contribution >= 4 is 40.3 Å². The predicted octanol–water partition coefficient (Wildman–Crippen LogP) is 8.02. The van der Waals surface area contributed by atoms with Gasteiger partial charge in [0.1, 0.15) is 23.3 Å². The van der Waals surface area contributed by atoms with Crippen molar-refractivity contribution < 1.29 is 13.2 Å². The molecule has 10 heteroatoms. The standard InChI is InChI=1S/C24H22ClF3N6/c1-3-4-5-15-6-9-17(10-7-15)31-23-21(14(2)18(13-29)22(30)32-23)34-33-20-12-16(24(26,27)28)8-11-19(20)25/h6-12H,3-5H2,1-2H3,(H3,30,31,32)/b34-33+. The lowest BCUT2D eigenvalue weighted by atomic mass is 10.1. The summed E-state index contributed by atoms with van der Waals surface area (Å²) in [4.78, 5) is 4.24. The van der Waals surface area contributed by atoms with Gasteiger partial charge in [-0.3, -0.25) is 0 Å². The third-order valence-electron chi connectivity index (χ3n) is 5.12. The average molecular weight is 487 g/mol. The van der Waals surface area contributed by atoms with Crippen LogP contribution in [0.4, 0.5) is 41.9 Å². The second-order valence-corrected chi connectivity index (χ2v) is 8.00. The van der Waals surface area contributed by atoms with Crippen LogP contribution in [0.1, 0.15) is 42.0 Å². The first-order chi connectivity index (χ1) is 16.1. The minimum atomic E-state index is -4.56. The third kappa shape index (κ3) is 5.83. The minimum Gasteiger partial charge on any atom is -0.383 e. The molecule has 3 rings (SSSR count). The van der Waals surface area contributed by atoms with Crippen molar-refractivity contribution in [1.82, 2.24) is 4.98 Å². The van der Waals surface area contributed by atoms with Gasteiger partial charge in [-0.05, 0) is 55.7 Å². The van der Waals surface area contributed by atoms with Crippen LogP contribution in [0.15, 0.2) is 52.7 Å². The fraction of sp³-hybridized carbons (Fsp3) is 0.250. The molecule has 0 atom stereocenters. The Kier molecular flexibility index (Phi) is 7.74. The number of nitrogens with zero attached hydrogens (tertiary/aromatic N) is 4. The van der Waals surface area contributed by atoms with Crippen molar-refractivity contribution in [1.29, 1.82) is 5.26 Å². The molecule has 176 valence electrons. The van der Waals surface area contributed by atoms with E-state index in [0.29, 0.717) is 11.3 Å². The highest BCUT2D eigenvalue weighted by Crippen LogP contribution is 2.38. The van der Waals surface area contributed by atoms with E-state index in [9.17, 15) is 18.4 Å². The van der Waals surface area contributed by atoms with Crippen molar-refractivity contribution in [3.8, 4) is 6.07 Å². The van der Waals surface area contributed by atoms with Gasteiger partial charge in [-0.1, -0.05) is 37.1 Å². The number of halogens is 4. The Morgan fingerprint density at radius 3 is 2.47 bits per heavy atom. The van der Waals surface area contributed by atoms with Crippen LogP contribution in [0.5, 0.6) is 0 Å². The van der Waals surface area contributed by atoms with E-state index in [1.165, 1.54) is 5.56 Å². The number of hydrogen-bond acceptors (Lipinski definition) is 6. The lowest BCUT2D eigenvalue weighted by Gasteiger charge is -2.13. The maximum atomic E-state index is 13.1. The van der Waals surface area contributed by atoms with Gasteiger partial charge < -0.3 is 11.1 Å². The molecule has 2 aromatic carbocycles. The number of pyridine rings is 1. The molecule has 3 N–H and O–H groups in total. The molecule has 1 heterocycles. The maximum Gasteiger partial charge on any atom is 0.416 e. The molecule has 0 saturated carbocycles. The number of aromatic nitrogens is 1. The van der Waals surface area contributed by atoms with Crippen LogP contribution in [0, 0.1) is 18.3 Å². The average Bonchev–Trinajstić information content (AvgIpc) is 2.78.